The summed E-state index contributed by atoms with van der Waals surface area (Å²) in [6, 6.07) is 7.74. The molecular weight excluding hydrogens is 334 g/mol. The fourth-order valence-electron chi connectivity index (χ4n) is 2.73. The molecular formula is C19H23N3O4. The number of hydrogen-bond acceptors (Lipinski definition) is 4. The lowest BCUT2D eigenvalue weighted by molar-refractivity contribution is -0.131. The van der Waals surface area contributed by atoms with E-state index >= 15 is 0 Å². The quantitative estimate of drug-likeness (QED) is 0.749. The smallest absolute Gasteiger partial charge is 0.331 e. The van der Waals surface area contributed by atoms with E-state index in [2.05, 4.69) is 0 Å². The maximum atomic E-state index is 12.5. The van der Waals surface area contributed by atoms with Crippen LogP contribution in [0.5, 0.6) is 0 Å². The third-order valence-electron chi connectivity index (χ3n) is 4.45. The lowest BCUT2D eigenvalue weighted by Gasteiger charge is -2.19. The molecule has 0 aliphatic carbocycles. The minimum atomic E-state index is -0.727. The Morgan fingerprint density at radius 2 is 1.65 bits per heavy atom. The Bertz CT molecular complexity index is 968. The van der Waals surface area contributed by atoms with Gasteiger partial charge < -0.3 is 9.47 Å². The Morgan fingerprint density at radius 3 is 2.19 bits per heavy atom. The van der Waals surface area contributed by atoms with Gasteiger partial charge in [0.05, 0.1) is 0 Å². The summed E-state index contributed by atoms with van der Waals surface area (Å²) in [5.74, 6) is -0.819. The zero-order chi connectivity index (χ0) is 19.6. The van der Waals surface area contributed by atoms with Gasteiger partial charge >= 0.3 is 5.69 Å². The highest BCUT2D eigenvalue weighted by molar-refractivity contribution is 5.94. The molecule has 1 aromatic carbocycles. The van der Waals surface area contributed by atoms with Crippen molar-refractivity contribution in [2.45, 2.75) is 33.9 Å². The molecule has 0 N–H and O–H groups in total. The Hall–Kier alpha value is -2.96. The van der Waals surface area contributed by atoms with Crippen molar-refractivity contribution in [2.75, 3.05) is 7.05 Å². The number of carbonyl (C=O) groups is 2. The summed E-state index contributed by atoms with van der Waals surface area (Å²) in [6.07, 6.45) is 0. The molecule has 0 atom stereocenters. The number of carbonyl (C=O) groups excluding carboxylic acids is 2. The average Bonchev–Trinajstić information content (AvgIpc) is 2.58. The van der Waals surface area contributed by atoms with Crippen molar-refractivity contribution in [2.24, 2.45) is 7.05 Å². The summed E-state index contributed by atoms with van der Waals surface area (Å²) in [6.45, 7) is 4.73. The van der Waals surface area contributed by atoms with Gasteiger partial charge in [-0.15, -0.1) is 0 Å². The van der Waals surface area contributed by atoms with E-state index in [-0.39, 0.29) is 11.5 Å². The number of amides is 1. The first-order valence-corrected chi connectivity index (χ1v) is 8.24. The van der Waals surface area contributed by atoms with Gasteiger partial charge in [0.1, 0.15) is 12.1 Å². The fourth-order valence-corrected chi connectivity index (χ4v) is 2.73. The van der Waals surface area contributed by atoms with Gasteiger partial charge in [-0.05, 0) is 26.3 Å². The van der Waals surface area contributed by atoms with Crippen molar-refractivity contribution in [1.82, 2.24) is 14.0 Å². The lowest BCUT2D eigenvalue weighted by atomic mass is 10.1. The largest absolute Gasteiger partial charge is 0.340 e. The monoisotopic (exact) mass is 357 g/mol. The van der Waals surface area contributed by atoms with Gasteiger partial charge in [-0.25, -0.2) is 4.79 Å². The molecule has 138 valence electrons. The van der Waals surface area contributed by atoms with Crippen molar-refractivity contribution in [3.05, 3.63) is 67.5 Å². The van der Waals surface area contributed by atoms with Crippen LogP contribution >= 0.6 is 0 Å². The topological polar surface area (TPSA) is 81.4 Å². The summed E-state index contributed by atoms with van der Waals surface area (Å²) in [5.41, 5.74) is 0.948. The van der Waals surface area contributed by atoms with Crippen LogP contribution in [0.2, 0.25) is 0 Å². The number of rotatable bonds is 5. The molecule has 0 aliphatic rings. The molecule has 2 aromatic rings. The number of aryl methyl sites for hydroxylation is 1. The first-order valence-electron chi connectivity index (χ1n) is 8.24. The number of Topliss-reactive ketones (excluding diaryl/α,β-unsaturated/α-hetero) is 1. The number of hydrogen-bond donors (Lipinski definition) is 0. The molecule has 2 rings (SSSR count). The lowest BCUT2D eigenvalue weighted by Crippen LogP contribution is -2.46. The van der Waals surface area contributed by atoms with E-state index in [4.69, 9.17) is 0 Å². The second kappa shape index (κ2) is 7.51. The Kier molecular flexibility index (Phi) is 5.59. The van der Waals surface area contributed by atoms with E-state index < -0.39 is 23.6 Å². The van der Waals surface area contributed by atoms with Crippen LogP contribution in [0.3, 0.4) is 0 Å². The molecule has 0 bridgehead atoms. The van der Waals surface area contributed by atoms with Gasteiger partial charge in [0.25, 0.3) is 5.56 Å². The molecule has 1 aromatic heterocycles. The Morgan fingerprint density at radius 1 is 1.08 bits per heavy atom. The minimum absolute atomic E-state index is 0.0684. The van der Waals surface area contributed by atoms with Crippen LogP contribution in [0.4, 0.5) is 0 Å². The maximum Gasteiger partial charge on any atom is 0.331 e. The third kappa shape index (κ3) is 3.82. The summed E-state index contributed by atoms with van der Waals surface area (Å²) in [7, 11) is 3.08. The first-order chi connectivity index (χ1) is 12.1. The second-order valence-corrected chi connectivity index (χ2v) is 6.48. The fraction of sp³-hybridized carbons (Fsp3) is 0.368. The van der Waals surface area contributed by atoms with Crippen molar-refractivity contribution in [3.63, 3.8) is 0 Å². The van der Waals surface area contributed by atoms with E-state index in [9.17, 15) is 19.2 Å². The minimum Gasteiger partial charge on any atom is -0.340 e. The Labute approximate surface area is 151 Å². The summed E-state index contributed by atoms with van der Waals surface area (Å²) in [4.78, 5) is 50.6. The van der Waals surface area contributed by atoms with Crippen molar-refractivity contribution in [3.8, 4) is 0 Å². The molecule has 0 saturated carbocycles. The molecule has 0 radical (unpaired) electrons. The first kappa shape index (κ1) is 19.4. The average molecular weight is 357 g/mol. The van der Waals surface area contributed by atoms with Crippen LogP contribution in [0, 0.1) is 13.8 Å². The van der Waals surface area contributed by atoms with Crippen LogP contribution in [-0.2, 0) is 24.9 Å². The van der Waals surface area contributed by atoms with Gasteiger partial charge in [-0.3, -0.25) is 19.0 Å². The molecule has 7 heteroatoms. The maximum absolute atomic E-state index is 12.5. The highest BCUT2D eigenvalue weighted by Gasteiger charge is 2.20. The third-order valence-corrected chi connectivity index (χ3v) is 4.45. The van der Waals surface area contributed by atoms with Crippen LogP contribution in [0.25, 0.3) is 0 Å². The number of benzene rings is 1. The highest BCUT2D eigenvalue weighted by Crippen LogP contribution is 2.06. The van der Waals surface area contributed by atoms with Crippen LogP contribution < -0.4 is 11.2 Å². The molecule has 0 spiro atoms. The Balaban J connectivity index is 2.31. The molecule has 26 heavy (non-hydrogen) atoms. The van der Waals surface area contributed by atoms with Crippen molar-refractivity contribution < 1.29 is 9.59 Å². The summed E-state index contributed by atoms with van der Waals surface area (Å²) < 4.78 is 2.03. The molecule has 1 amide bonds. The standard InChI is InChI=1S/C19H23N3O4/c1-12-6-8-15(9-7-12)10-20(4)16(24)11-22-18(25)17(14(3)23)13(2)21(5)19(22)26/h6-9H,10-11H2,1-5H3. The highest BCUT2D eigenvalue weighted by atomic mass is 16.2. The van der Waals surface area contributed by atoms with Crippen LogP contribution in [-0.4, -0.2) is 32.8 Å². The number of aromatic nitrogens is 2. The van der Waals surface area contributed by atoms with E-state index in [0.717, 1.165) is 15.7 Å². The number of likely N-dealkylation sites (N-methyl/N-ethyl adjacent to an activating group) is 1. The molecule has 0 saturated heterocycles. The number of ketones is 1. The number of nitrogens with zero attached hydrogens (tertiary/aromatic N) is 3. The summed E-state index contributed by atoms with van der Waals surface area (Å²) >= 11 is 0. The van der Waals surface area contributed by atoms with E-state index in [1.807, 2.05) is 31.2 Å². The molecule has 0 aliphatic heterocycles. The SMILES string of the molecule is CC(=O)c1c(C)n(C)c(=O)n(CC(=O)N(C)Cc2ccc(C)cc2)c1=O. The van der Waals surface area contributed by atoms with Gasteiger partial charge in [0.15, 0.2) is 5.78 Å². The molecule has 0 unspecified atom stereocenters. The van der Waals surface area contributed by atoms with Crippen LogP contribution in [0.1, 0.15) is 34.1 Å². The normalized spacial score (nSPS) is 10.7. The zero-order valence-electron chi connectivity index (χ0n) is 15.7. The predicted molar refractivity (Wildman–Crippen MR) is 98.3 cm³/mol. The van der Waals surface area contributed by atoms with Crippen LogP contribution in [0.15, 0.2) is 33.9 Å². The van der Waals surface area contributed by atoms with E-state index in [1.165, 1.54) is 30.4 Å². The van der Waals surface area contributed by atoms with E-state index in [1.54, 1.807) is 7.05 Å². The van der Waals surface area contributed by atoms with E-state index in [0.29, 0.717) is 12.2 Å². The van der Waals surface area contributed by atoms with Gasteiger partial charge in [-0.2, -0.15) is 0 Å². The zero-order valence-corrected chi connectivity index (χ0v) is 15.7. The van der Waals surface area contributed by atoms with Gasteiger partial charge in [-0.1, -0.05) is 29.8 Å². The molecule has 1 heterocycles. The predicted octanol–water partition coefficient (Wildman–Crippen LogP) is 1.03. The van der Waals surface area contributed by atoms with Gasteiger partial charge in [0, 0.05) is 26.3 Å². The van der Waals surface area contributed by atoms with Gasteiger partial charge in [0.2, 0.25) is 5.91 Å². The molecule has 7 nitrogen and oxygen atoms in total. The van der Waals surface area contributed by atoms with Crippen molar-refractivity contribution in [1.29, 1.82) is 0 Å². The summed E-state index contributed by atoms with van der Waals surface area (Å²) in [5, 5.41) is 0. The second-order valence-electron chi connectivity index (χ2n) is 6.48. The van der Waals surface area contributed by atoms with Crippen molar-refractivity contribution >= 4 is 11.7 Å². The molecule has 0 fully saturated rings.